The molecule has 0 radical (unpaired) electrons. The zero-order chi connectivity index (χ0) is 16.8. The molecule has 0 amide bonds. The normalized spacial score (nSPS) is 37.0. The first-order valence-corrected chi connectivity index (χ1v) is 9.40. The van der Waals surface area contributed by atoms with E-state index in [-0.39, 0.29) is 18.5 Å². The zero-order valence-electron chi connectivity index (χ0n) is 14.5. The summed E-state index contributed by atoms with van der Waals surface area (Å²) in [4.78, 5) is 0. The van der Waals surface area contributed by atoms with Crippen molar-refractivity contribution in [3.8, 4) is 0 Å². The molecule has 1 saturated carbocycles. The Hall–Kier alpha value is -1.90. The maximum absolute atomic E-state index is 6.57. The van der Waals surface area contributed by atoms with Gasteiger partial charge in [-0.15, -0.1) is 0 Å². The molecule has 2 nitrogen and oxygen atoms in total. The van der Waals surface area contributed by atoms with Crippen molar-refractivity contribution in [2.75, 3.05) is 0 Å². The van der Waals surface area contributed by atoms with Crippen LogP contribution in [0, 0.1) is 23.7 Å². The molecule has 6 atom stereocenters. The Kier molecular flexibility index (Phi) is 3.76. The average molecular weight is 332 g/mol. The van der Waals surface area contributed by atoms with Gasteiger partial charge in [-0.25, -0.2) is 0 Å². The third kappa shape index (κ3) is 2.56. The summed E-state index contributed by atoms with van der Waals surface area (Å²) in [7, 11) is 0. The number of hydrogen-bond donors (Lipinski definition) is 0. The van der Waals surface area contributed by atoms with E-state index in [0.717, 1.165) is 0 Å². The van der Waals surface area contributed by atoms with Gasteiger partial charge in [-0.1, -0.05) is 79.7 Å². The lowest BCUT2D eigenvalue weighted by atomic mass is 9.84. The smallest absolute Gasteiger partial charge is 0.163 e. The van der Waals surface area contributed by atoms with Gasteiger partial charge >= 0.3 is 0 Å². The Balaban J connectivity index is 1.48. The molecule has 0 spiro atoms. The van der Waals surface area contributed by atoms with E-state index in [1.165, 1.54) is 17.5 Å². The molecular formula is C23H24O2. The Morgan fingerprint density at radius 2 is 1.24 bits per heavy atom. The van der Waals surface area contributed by atoms with Crippen LogP contribution in [0.25, 0.3) is 0 Å². The van der Waals surface area contributed by atoms with Gasteiger partial charge in [0.25, 0.3) is 0 Å². The van der Waals surface area contributed by atoms with E-state index >= 15 is 0 Å². The highest BCUT2D eigenvalue weighted by Crippen LogP contribution is 2.54. The zero-order valence-corrected chi connectivity index (χ0v) is 14.5. The van der Waals surface area contributed by atoms with Gasteiger partial charge < -0.3 is 9.47 Å². The lowest BCUT2D eigenvalue weighted by molar-refractivity contribution is -0.122. The number of benzene rings is 2. The average Bonchev–Trinajstić information content (AvgIpc) is 3.37. The molecule has 1 aliphatic heterocycles. The summed E-state index contributed by atoms with van der Waals surface area (Å²) in [5, 5.41) is 0. The van der Waals surface area contributed by atoms with Crippen molar-refractivity contribution in [3.63, 3.8) is 0 Å². The summed E-state index contributed by atoms with van der Waals surface area (Å²) in [6.45, 7) is 2.36. The van der Waals surface area contributed by atoms with E-state index < -0.39 is 0 Å². The fraction of sp³-hybridized carbons (Fsp3) is 0.391. The molecule has 25 heavy (non-hydrogen) atoms. The van der Waals surface area contributed by atoms with E-state index in [2.05, 4.69) is 79.7 Å². The standard InChI is InChI=1S/C23H24O2/c1-15-18-12-13-19(14-18)20(15)23-24-21(16-8-4-2-5-9-16)22(25-23)17-10-6-3-7-11-17/h2-13,15,18-23H,14H2,1H3/t15?,18?,19?,20-,21-,22-/m0/s1. The number of ether oxygens (including phenoxy) is 2. The molecule has 1 heterocycles. The number of fused-ring (bicyclic) bond motifs is 2. The summed E-state index contributed by atoms with van der Waals surface area (Å²) in [5.74, 6) is 2.41. The van der Waals surface area contributed by atoms with E-state index in [4.69, 9.17) is 9.47 Å². The van der Waals surface area contributed by atoms with Crippen LogP contribution in [0.2, 0.25) is 0 Å². The predicted molar refractivity (Wildman–Crippen MR) is 97.7 cm³/mol. The second-order valence-corrected chi connectivity index (χ2v) is 7.69. The molecule has 0 aromatic heterocycles. The second kappa shape index (κ2) is 6.12. The van der Waals surface area contributed by atoms with Crippen LogP contribution < -0.4 is 0 Å². The predicted octanol–water partition coefficient (Wildman–Crippen LogP) is 5.30. The van der Waals surface area contributed by atoms with Gasteiger partial charge in [0.15, 0.2) is 6.29 Å². The first-order valence-electron chi connectivity index (χ1n) is 9.40. The number of allylic oxidation sites excluding steroid dienone is 2. The van der Waals surface area contributed by atoms with E-state index in [0.29, 0.717) is 23.7 Å². The number of hydrogen-bond acceptors (Lipinski definition) is 2. The van der Waals surface area contributed by atoms with E-state index in [1.807, 2.05) is 0 Å². The van der Waals surface area contributed by atoms with Crippen LogP contribution in [0.1, 0.15) is 36.7 Å². The molecule has 2 heteroatoms. The SMILES string of the molecule is CC1C2C=CC(C2)[C@H]1C1O[C@@H](c2ccccc2)[C@H](c2ccccc2)O1. The van der Waals surface area contributed by atoms with Gasteiger partial charge in [-0.2, -0.15) is 0 Å². The van der Waals surface area contributed by atoms with E-state index in [9.17, 15) is 0 Å². The molecule has 2 fully saturated rings. The molecule has 5 rings (SSSR count). The summed E-state index contributed by atoms with van der Waals surface area (Å²) in [6, 6.07) is 21.0. The fourth-order valence-electron chi connectivity index (χ4n) is 4.99. The van der Waals surface area contributed by atoms with Crippen LogP contribution in [-0.2, 0) is 9.47 Å². The minimum atomic E-state index is -0.120. The van der Waals surface area contributed by atoms with Crippen molar-refractivity contribution >= 4 is 0 Å². The molecule has 128 valence electrons. The quantitative estimate of drug-likeness (QED) is 0.710. The van der Waals surface area contributed by atoms with Crippen molar-refractivity contribution < 1.29 is 9.47 Å². The van der Waals surface area contributed by atoms with Crippen molar-refractivity contribution in [1.82, 2.24) is 0 Å². The highest BCUT2D eigenvalue weighted by Gasteiger charge is 2.51. The highest BCUT2D eigenvalue weighted by molar-refractivity contribution is 5.26. The van der Waals surface area contributed by atoms with Crippen LogP contribution >= 0.6 is 0 Å². The van der Waals surface area contributed by atoms with Gasteiger partial charge in [-0.3, -0.25) is 0 Å². The van der Waals surface area contributed by atoms with E-state index in [1.54, 1.807) is 0 Å². The Labute approximate surface area is 149 Å². The highest BCUT2D eigenvalue weighted by atomic mass is 16.7. The van der Waals surface area contributed by atoms with Gasteiger partial charge in [-0.05, 0) is 35.3 Å². The fourth-order valence-corrected chi connectivity index (χ4v) is 4.99. The molecule has 2 bridgehead atoms. The van der Waals surface area contributed by atoms with Crippen molar-refractivity contribution in [2.24, 2.45) is 23.7 Å². The second-order valence-electron chi connectivity index (χ2n) is 7.69. The molecule has 2 aliphatic carbocycles. The van der Waals surface area contributed by atoms with Crippen LogP contribution in [0.3, 0.4) is 0 Å². The van der Waals surface area contributed by atoms with Crippen LogP contribution in [0.5, 0.6) is 0 Å². The Morgan fingerprint density at radius 1 is 0.720 bits per heavy atom. The lowest BCUT2D eigenvalue weighted by Crippen LogP contribution is -2.30. The molecule has 3 unspecified atom stereocenters. The van der Waals surface area contributed by atoms with Gasteiger partial charge in [0.1, 0.15) is 12.2 Å². The summed E-state index contributed by atoms with van der Waals surface area (Å²) < 4.78 is 13.1. The van der Waals surface area contributed by atoms with Gasteiger partial charge in [0, 0.05) is 5.92 Å². The Morgan fingerprint density at radius 3 is 1.72 bits per heavy atom. The molecular weight excluding hydrogens is 308 g/mol. The van der Waals surface area contributed by atoms with Gasteiger partial charge in [0.05, 0.1) is 0 Å². The third-order valence-electron chi connectivity index (χ3n) is 6.33. The van der Waals surface area contributed by atoms with Crippen LogP contribution in [-0.4, -0.2) is 6.29 Å². The Bertz CT molecular complexity index is 707. The first-order chi connectivity index (χ1) is 12.3. The molecule has 1 saturated heterocycles. The number of rotatable bonds is 3. The van der Waals surface area contributed by atoms with Crippen molar-refractivity contribution in [2.45, 2.75) is 31.8 Å². The first kappa shape index (κ1) is 15.4. The molecule has 0 N–H and O–H groups in total. The maximum Gasteiger partial charge on any atom is 0.163 e. The summed E-state index contributed by atoms with van der Waals surface area (Å²) in [6.07, 6.45) is 5.85. The molecule has 2 aromatic rings. The molecule has 3 aliphatic rings. The topological polar surface area (TPSA) is 18.5 Å². The minimum absolute atomic E-state index is 0.0380. The monoisotopic (exact) mass is 332 g/mol. The summed E-state index contributed by atoms with van der Waals surface area (Å²) >= 11 is 0. The maximum atomic E-state index is 6.57. The summed E-state index contributed by atoms with van der Waals surface area (Å²) in [5.41, 5.74) is 2.40. The largest absolute Gasteiger partial charge is 0.341 e. The van der Waals surface area contributed by atoms with Gasteiger partial charge in [0.2, 0.25) is 0 Å². The lowest BCUT2D eigenvalue weighted by Gasteiger charge is -2.29. The van der Waals surface area contributed by atoms with Crippen LogP contribution in [0.15, 0.2) is 72.8 Å². The van der Waals surface area contributed by atoms with Crippen molar-refractivity contribution in [1.29, 1.82) is 0 Å². The van der Waals surface area contributed by atoms with Crippen molar-refractivity contribution in [3.05, 3.63) is 83.9 Å². The molecule has 2 aromatic carbocycles. The third-order valence-corrected chi connectivity index (χ3v) is 6.33. The minimum Gasteiger partial charge on any atom is -0.341 e. The van der Waals surface area contributed by atoms with Crippen LogP contribution in [0.4, 0.5) is 0 Å².